The van der Waals surface area contributed by atoms with Gasteiger partial charge in [-0.15, -0.1) is 0 Å². The number of carboxylic acids is 1. The van der Waals surface area contributed by atoms with Crippen LogP contribution in [0.15, 0.2) is 0 Å². The average Bonchev–Trinajstić information content (AvgIpc) is 2.13. The maximum absolute atomic E-state index is 10.7. The summed E-state index contributed by atoms with van der Waals surface area (Å²) in [5.74, 6) is -0.689. The quantitative estimate of drug-likeness (QED) is 0.664. The van der Waals surface area contributed by atoms with E-state index in [-0.39, 0.29) is 6.04 Å². The van der Waals surface area contributed by atoms with Crippen LogP contribution in [0, 0.1) is 11.8 Å². The third-order valence-corrected chi connectivity index (χ3v) is 2.76. The van der Waals surface area contributed by atoms with Gasteiger partial charge in [0.2, 0.25) is 0 Å². The number of carbonyl (C=O) groups is 1. The molecule has 0 saturated heterocycles. The molecule has 3 heteroatoms. The zero-order valence-electron chi connectivity index (χ0n) is 9.49. The number of hydrogen-bond donors (Lipinski definition) is 2. The minimum absolute atomic E-state index is 0.209. The van der Waals surface area contributed by atoms with Crippen LogP contribution >= 0.6 is 0 Å². The molecule has 0 amide bonds. The van der Waals surface area contributed by atoms with E-state index in [2.05, 4.69) is 13.8 Å². The Morgan fingerprint density at radius 1 is 1.43 bits per heavy atom. The van der Waals surface area contributed by atoms with E-state index in [0.717, 1.165) is 12.8 Å². The minimum Gasteiger partial charge on any atom is -0.481 e. The van der Waals surface area contributed by atoms with Crippen LogP contribution in [0.3, 0.4) is 0 Å². The summed E-state index contributed by atoms with van der Waals surface area (Å²) < 4.78 is 0. The molecule has 0 aliphatic heterocycles. The third kappa shape index (κ3) is 5.22. The molecular formula is C11H23NO2. The Morgan fingerprint density at radius 3 is 2.43 bits per heavy atom. The lowest BCUT2D eigenvalue weighted by Gasteiger charge is -2.20. The van der Waals surface area contributed by atoms with Gasteiger partial charge in [0.1, 0.15) is 0 Å². The molecule has 0 heterocycles. The highest BCUT2D eigenvalue weighted by Crippen LogP contribution is 2.17. The lowest BCUT2D eigenvalue weighted by atomic mass is 9.90. The summed E-state index contributed by atoms with van der Waals surface area (Å²) >= 11 is 0. The molecule has 0 rings (SSSR count). The molecule has 0 aromatic heterocycles. The van der Waals surface area contributed by atoms with Crippen molar-refractivity contribution in [1.29, 1.82) is 0 Å². The van der Waals surface area contributed by atoms with E-state index in [1.807, 2.05) is 0 Å². The molecule has 0 aliphatic rings. The fraction of sp³-hybridized carbons (Fsp3) is 0.909. The number of rotatable bonds is 7. The zero-order valence-corrected chi connectivity index (χ0v) is 9.49. The van der Waals surface area contributed by atoms with Crippen molar-refractivity contribution < 1.29 is 9.90 Å². The first kappa shape index (κ1) is 13.4. The molecule has 0 aliphatic carbocycles. The van der Waals surface area contributed by atoms with Gasteiger partial charge < -0.3 is 10.8 Å². The zero-order chi connectivity index (χ0) is 11.1. The van der Waals surface area contributed by atoms with Gasteiger partial charge in [0.05, 0.1) is 5.92 Å². The van der Waals surface area contributed by atoms with Crippen LogP contribution in [0.4, 0.5) is 0 Å². The third-order valence-electron chi connectivity index (χ3n) is 2.76. The summed E-state index contributed by atoms with van der Waals surface area (Å²) in [6, 6.07) is -0.209. The van der Waals surface area contributed by atoms with Gasteiger partial charge >= 0.3 is 5.97 Å². The van der Waals surface area contributed by atoms with Crippen LogP contribution in [0.25, 0.3) is 0 Å². The van der Waals surface area contributed by atoms with E-state index < -0.39 is 11.9 Å². The minimum atomic E-state index is -0.791. The van der Waals surface area contributed by atoms with Gasteiger partial charge in [-0.05, 0) is 12.3 Å². The second kappa shape index (κ2) is 6.82. The van der Waals surface area contributed by atoms with E-state index in [1.54, 1.807) is 6.92 Å². The molecule has 3 N–H and O–H groups in total. The summed E-state index contributed by atoms with van der Waals surface area (Å²) in [6.07, 6.45) is 4.35. The highest BCUT2D eigenvalue weighted by atomic mass is 16.4. The maximum Gasteiger partial charge on any atom is 0.307 e. The van der Waals surface area contributed by atoms with Crippen molar-refractivity contribution in [1.82, 2.24) is 0 Å². The first-order chi connectivity index (χ1) is 6.49. The summed E-state index contributed by atoms with van der Waals surface area (Å²) in [4.78, 5) is 10.7. The van der Waals surface area contributed by atoms with Gasteiger partial charge in [-0.2, -0.15) is 0 Å². The molecule has 0 fully saturated rings. The van der Waals surface area contributed by atoms with Crippen molar-refractivity contribution in [3.05, 3.63) is 0 Å². The van der Waals surface area contributed by atoms with Gasteiger partial charge in [0.15, 0.2) is 0 Å². The Morgan fingerprint density at radius 2 is 2.00 bits per heavy atom. The average molecular weight is 201 g/mol. The van der Waals surface area contributed by atoms with Gasteiger partial charge in [-0.25, -0.2) is 0 Å². The Kier molecular flexibility index (Phi) is 6.54. The standard InChI is InChI=1S/C11H23NO2/c1-4-5-6-8(2)7-10(12)9(3)11(13)14/h8-10H,4-7,12H2,1-3H3,(H,13,14)/t8-,9?,10-/m0/s1. The predicted molar refractivity (Wildman–Crippen MR) is 58.1 cm³/mol. The lowest BCUT2D eigenvalue weighted by molar-refractivity contribution is -0.141. The van der Waals surface area contributed by atoms with E-state index in [0.29, 0.717) is 5.92 Å². The smallest absolute Gasteiger partial charge is 0.307 e. The molecule has 0 bridgehead atoms. The van der Waals surface area contributed by atoms with Gasteiger partial charge in [-0.1, -0.05) is 40.0 Å². The van der Waals surface area contributed by atoms with Crippen LogP contribution in [-0.4, -0.2) is 17.1 Å². The largest absolute Gasteiger partial charge is 0.481 e. The normalized spacial score (nSPS) is 17.4. The Bertz CT molecular complexity index is 171. The van der Waals surface area contributed by atoms with Crippen LogP contribution in [0.1, 0.15) is 46.5 Å². The highest BCUT2D eigenvalue weighted by Gasteiger charge is 2.21. The monoisotopic (exact) mass is 201 g/mol. The molecule has 1 unspecified atom stereocenters. The molecule has 0 saturated carbocycles. The summed E-state index contributed by atoms with van der Waals surface area (Å²) in [5.41, 5.74) is 5.81. The van der Waals surface area contributed by atoms with Crippen LogP contribution in [-0.2, 0) is 4.79 Å². The second-order valence-electron chi connectivity index (χ2n) is 4.27. The first-order valence-electron chi connectivity index (χ1n) is 5.47. The summed E-state index contributed by atoms with van der Waals surface area (Å²) in [7, 11) is 0. The molecule has 3 nitrogen and oxygen atoms in total. The SMILES string of the molecule is CCCC[C@H](C)C[C@H](N)C(C)C(=O)O. The van der Waals surface area contributed by atoms with Crippen molar-refractivity contribution in [2.45, 2.75) is 52.5 Å². The second-order valence-corrected chi connectivity index (χ2v) is 4.27. The fourth-order valence-electron chi connectivity index (χ4n) is 1.52. The van der Waals surface area contributed by atoms with E-state index in [1.165, 1.54) is 12.8 Å². The molecular weight excluding hydrogens is 178 g/mol. The van der Waals surface area contributed by atoms with Gasteiger partial charge in [0, 0.05) is 6.04 Å². The summed E-state index contributed by atoms with van der Waals surface area (Å²) in [5, 5.41) is 8.76. The number of unbranched alkanes of at least 4 members (excludes halogenated alkanes) is 1. The van der Waals surface area contributed by atoms with Gasteiger partial charge in [-0.3, -0.25) is 4.79 Å². The first-order valence-corrected chi connectivity index (χ1v) is 5.47. The molecule has 0 aromatic carbocycles. The van der Waals surface area contributed by atoms with E-state index in [4.69, 9.17) is 10.8 Å². The molecule has 0 radical (unpaired) electrons. The molecule has 84 valence electrons. The van der Waals surface area contributed by atoms with Gasteiger partial charge in [0.25, 0.3) is 0 Å². The van der Waals surface area contributed by atoms with Crippen LogP contribution in [0.2, 0.25) is 0 Å². The maximum atomic E-state index is 10.7. The molecule has 14 heavy (non-hydrogen) atoms. The molecule has 0 aromatic rings. The van der Waals surface area contributed by atoms with E-state index >= 15 is 0 Å². The lowest BCUT2D eigenvalue weighted by Crippen LogP contribution is -2.34. The van der Waals surface area contributed by atoms with Crippen molar-refractivity contribution in [3.8, 4) is 0 Å². The molecule has 0 spiro atoms. The number of aliphatic carboxylic acids is 1. The number of carboxylic acid groups (broad SMARTS) is 1. The topological polar surface area (TPSA) is 63.3 Å². The number of hydrogen-bond acceptors (Lipinski definition) is 2. The van der Waals surface area contributed by atoms with Crippen molar-refractivity contribution >= 4 is 5.97 Å². The Balaban J connectivity index is 3.80. The van der Waals surface area contributed by atoms with Crippen LogP contribution in [0.5, 0.6) is 0 Å². The fourth-order valence-corrected chi connectivity index (χ4v) is 1.52. The number of nitrogens with two attached hydrogens (primary N) is 1. The Labute approximate surface area is 86.7 Å². The van der Waals surface area contributed by atoms with Crippen LogP contribution < -0.4 is 5.73 Å². The molecule has 3 atom stereocenters. The van der Waals surface area contributed by atoms with Crippen molar-refractivity contribution in [3.63, 3.8) is 0 Å². The highest BCUT2D eigenvalue weighted by molar-refractivity contribution is 5.70. The summed E-state index contributed by atoms with van der Waals surface area (Å²) in [6.45, 7) is 5.98. The van der Waals surface area contributed by atoms with Crippen molar-refractivity contribution in [2.24, 2.45) is 17.6 Å². The Hall–Kier alpha value is -0.570. The van der Waals surface area contributed by atoms with Crippen molar-refractivity contribution in [2.75, 3.05) is 0 Å². The van der Waals surface area contributed by atoms with E-state index in [9.17, 15) is 4.79 Å². The predicted octanol–water partition coefficient (Wildman–Crippen LogP) is 2.25.